The van der Waals surface area contributed by atoms with Gasteiger partial charge in [-0.15, -0.1) is 10.2 Å². The van der Waals surface area contributed by atoms with E-state index in [2.05, 4.69) is 15.5 Å². The van der Waals surface area contributed by atoms with E-state index in [0.717, 1.165) is 22.6 Å². The highest BCUT2D eigenvalue weighted by Crippen LogP contribution is 2.37. The number of hydrogen-bond donors (Lipinski definition) is 2. The quantitative estimate of drug-likeness (QED) is 0.179. The molecule has 1 aromatic heterocycles. The number of aliphatic carboxylic acids is 1. The fourth-order valence-electron chi connectivity index (χ4n) is 3.74. The Morgan fingerprint density at radius 1 is 0.850 bits per heavy atom. The first-order valence-electron chi connectivity index (χ1n) is 11.9. The van der Waals surface area contributed by atoms with E-state index in [1.807, 2.05) is 65.6 Å². The number of ether oxygens (including phenoxy) is 1. The molecule has 40 heavy (non-hydrogen) atoms. The third kappa shape index (κ3) is 6.58. The minimum atomic E-state index is -1.56. The van der Waals surface area contributed by atoms with E-state index in [-0.39, 0.29) is 0 Å². The number of amides is 1. The highest BCUT2D eigenvalue weighted by atomic mass is 35.5. The molecule has 5 rings (SSSR count). The molecule has 0 atom stereocenters. The first-order chi connectivity index (χ1) is 19.4. The predicted molar refractivity (Wildman–Crippen MR) is 157 cm³/mol. The maximum Gasteiger partial charge on any atom is 0.394 e. The molecule has 0 aliphatic heterocycles. The van der Waals surface area contributed by atoms with Crippen LogP contribution in [0.25, 0.3) is 10.6 Å². The Hall–Kier alpha value is -4.44. The van der Waals surface area contributed by atoms with Crippen molar-refractivity contribution in [1.29, 1.82) is 0 Å². The van der Waals surface area contributed by atoms with Crippen LogP contribution in [-0.4, -0.2) is 27.2 Å². The van der Waals surface area contributed by atoms with Crippen molar-refractivity contribution in [3.05, 3.63) is 113 Å². The van der Waals surface area contributed by atoms with Gasteiger partial charge in [0.1, 0.15) is 16.5 Å². The molecule has 0 saturated heterocycles. The van der Waals surface area contributed by atoms with Crippen molar-refractivity contribution in [3.8, 4) is 22.1 Å². The van der Waals surface area contributed by atoms with E-state index in [1.165, 1.54) is 11.3 Å². The summed E-state index contributed by atoms with van der Waals surface area (Å²) in [6.07, 6.45) is 0. The van der Waals surface area contributed by atoms with Gasteiger partial charge in [0.05, 0.1) is 16.6 Å². The van der Waals surface area contributed by atoms with E-state index in [1.54, 1.807) is 36.4 Å². The van der Waals surface area contributed by atoms with Crippen LogP contribution < -0.4 is 15.0 Å². The highest BCUT2D eigenvalue weighted by Gasteiger charge is 2.18. The van der Waals surface area contributed by atoms with Crippen LogP contribution in [0.15, 0.2) is 97.1 Å². The molecule has 0 unspecified atom stereocenters. The molecule has 2 N–H and O–H groups in total. The number of carbonyl (C=O) groups excluding carboxylic acids is 1. The lowest BCUT2D eigenvalue weighted by atomic mass is 10.2. The molecular formula is C29H20Cl2N4O4S. The summed E-state index contributed by atoms with van der Waals surface area (Å²) in [5.41, 5.74) is 2.84. The Kier molecular flexibility index (Phi) is 8.26. The molecule has 0 bridgehead atoms. The lowest BCUT2D eigenvalue weighted by molar-refractivity contribution is -0.147. The maximum atomic E-state index is 11.5. The van der Waals surface area contributed by atoms with Gasteiger partial charge >= 0.3 is 11.9 Å². The number of carboxylic acids is 1. The number of aromatic nitrogens is 2. The van der Waals surface area contributed by atoms with Crippen LogP contribution in [0, 0.1) is 0 Å². The summed E-state index contributed by atoms with van der Waals surface area (Å²) in [6, 6.07) is 29.3. The molecule has 1 heterocycles. The Bertz CT molecular complexity index is 1660. The second-order valence-electron chi connectivity index (χ2n) is 8.47. The topological polar surface area (TPSA) is 105 Å². The minimum Gasteiger partial charge on any atom is -0.474 e. The van der Waals surface area contributed by atoms with Gasteiger partial charge in [-0.1, -0.05) is 77.0 Å². The predicted octanol–water partition coefficient (Wildman–Crippen LogP) is 7.67. The number of carbonyl (C=O) groups is 2. The number of carboxylic acid groups (broad SMARTS) is 1. The van der Waals surface area contributed by atoms with Crippen molar-refractivity contribution >= 4 is 62.9 Å². The van der Waals surface area contributed by atoms with Gasteiger partial charge in [-0.05, 0) is 60.2 Å². The molecular weight excluding hydrogens is 571 g/mol. The Morgan fingerprint density at radius 3 is 2.33 bits per heavy atom. The first kappa shape index (κ1) is 27.1. The SMILES string of the molecule is O=C(O)C(=O)Nc1ccc(CN(c2ccc(Cl)c(Cl)c2)c2nnc(-c3cccc(Oc4ccccc4)c3)s2)cc1. The summed E-state index contributed by atoms with van der Waals surface area (Å²) in [4.78, 5) is 24.2. The van der Waals surface area contributed by atoms with Crippen LogP contribution in [0.4, 0.5) is 16.5 Å². The largest absolute Gasteiger partial charge is 0.474 e. The second kappa shape index (κ2) is 12.2. The lowest BCUT2D eigenvalue weighted by Gasteiger charge is -2.22. The third-order valence-electron chi connectivity index (χ3n) is 5.67. The van der Waals surface area contributed by atoms with Crippen molar-refractivity contribution in [2.75, 3.05) is 10.2 Å². The standard InChI is InChI=1S/C29H20Cl2N4O4S/c30-24-14-13-21(16-25(24)31)35(17-18-9-11-20(12-10-18)32-26(36)28(37)38)29-34-33-27(40-29)19-5-4-8-23(15-19)39-22-6-2-1-3-7-22/h1-16H,17H2,(H,32,36)(H,37,38). The molecule has 0 aliphatic rings. The van der Waals surface area contributed by atoms with Gasteiger partial charge in [0.25, 0.3) is 0 Å². The normalized spacial score (nSPS) is 10.7. The Balaban J connectivity index is 1.42. The molecule has 0 radical (unpaired) electrons. The van der Waals surface area contributed by atoms with Crippen LogP contribution in [-0.2, 0) is 16.1 Å². The van der Waals surface area contributed by atoms with E-state index in [9.17, 15) is 9.59 Å². The average Bonchev–Trinajstić information content (AvgIpc) is 3.45. The molecule has 0 fully saturated rings. The molecule has 0 spiro atoms. The lowest BCUT2D eigenvalue weighted by Crippen LogP contribution is -2.21. The van der Waals surface area contributed by atoms with Crippen LogP contribution in [0.3, 0.4) is 0 Å². The van der Waals surface area contributed by atoms with Crippen molar-refractivity contribution in [2.24, 2.45) is 0 Å². The molecule has 8 nitrogen and oxygen atoms in total. The monoisotopic (exact) mass is 590 g/mol. The van der Waals surface area contributed by atoms with Crippen molar-refractivity contribution in [3.63, 3.8) is 0 Å². The van der Waals surface area contributed by atoms with Gasteiger partial charge in [-0.25, -0.2) is 4.79 Å². The summed E-state index contributed by atoms with van der Waals surface area (Å²) in [5, 5.41) is 22.2. The smallest absolute Gasteiger partial charge is 0.394 e. The van der Waals surface area contributed by atoms with Gasteiger partial charge in [-0.3, -0.25) is 4.79 Å². The van der Waals surface area contributed by atoms with E-state index in [4.69, 9.17) is 33.0 Å². The summed E-state index contributed by atoms with van der Waals surface area (Å²) >= 11 is 13.9. The first-order valence-corrected chi connectivity index (χ1v) is 13.5. The van der Waals surface area contributed by atoms with Crippen LogP contribution in [0.2, 0.25) is 10.0 Å². The zero-order valence-electron chi connectivity index (χ0n) is 20.6. The van der Waals surface area contributed by atoms with Gasteiger partial charge in [0, 0.05) is 16.9 Å². The number of nitrogens with zero attached hydrogens (tertiary/aromatic N) is 3. The van der Waals surface area contributed by atoms with Gasteiger partial charge < -0.3 is 20.1 Å². The molecule has 200 valence electrons. The second-order valence-corrected chi connectivity index (χ2v) is 10.2. The fraction of sp³-hybridized carbons (Fsp3) is 0.0345. The molecule has 0 saturated carbocycles. The molecule has 1 amide bonds. The zero-order chi connectivity index (χ0) is 28.1. The van der Waals surface area contributed by atoms with Gasteiger partial charge in [0.2, 0.25) is 5.13 Å². The summed E-state index contributed by atoms with van der Waals surface area (Å²) < 4.78 is 5.97. The number of benzene rings is 4. The van der Waals surface area contributed by atoms with Crippen LogP contribution in [0.5, 0.6) is 11.5 Å². The molecule has 0 aliphatic carbocycles. The van der Waals surface area contributed by atoms with Crippen LogP contribution in [0.1, 0.15) is 5.56 Å². The van der Waals surface area contributed by atoms with Gasteiger partial charge in [0.15, 0.2) is 0 Å². The van der Waals surface area contributed by atoms with Crippen molar-refractivity contribution in [1.82, 2.24) is 10.2 Å². The zero-order valence-corrected chi connectivity index (χ0v) is 23.0. The van der Waals surface area contributed by atoms with E-state index < -0.39 is 11.9 Å². The van der Waals surface area contributed by atoms with Crippen molar-refractivity contribution in [2.45, 2.75) is 6.54 Å². The minimum absolute atomic E-state index is 0.369. The number of halogens is 2. The number of nitrogens with one attached hydrogen (secondary N) is 1. The number of rotatable bonds is 8. The van der Waals surface area contributed by atoms with Crippen LogP contribution >= 0.6 is 34.5 Å². The Morgan fingerprint density at radius 2 is 1.60 bits per heavy atom. The summed E-state index contributed by atoms with van der Waals surface area (Å²) in [5.74, 6) is -1.25. The van der Waals surface area contributed by atoms with E-state index in [0.29, 0.717) is 38.2 Å². The van der Waals surface area contributed by atoms with Gasteiger partial charge in [-0.2, -0.15) is 0 Å². The van der Waals surface area contributed by atoms with Crippen molar-refractivity contribution < 1.29 is 19.4 Å². The number of hydrogen-bond acceptors (Lipinski definition) is 7. The summed E-state index contributed by atoms with van der Waals surface area (Å²) in [7, 11) is 0. The fourth-order valence-corrected chi connectivity index (χ4v) is 4.89. The molecule has 5 aromatic rings. The number of para-hydroxylation sites is 1. The maximum absolute atomic E-state index is 11.5. The molecule has 4 aromatic carbocycles. The van der Waals surface area contributed by atoms with E-state index >= 15 is 0 Å². The third-order valence-corrected chi connectivity index (χ3v) is 7.40. The Labute approximate surface area is 243 Å². The highest BCUT2D eigenvalue weighted by molar-refractivity contribution is 7.18. The average molecular weight is 591 g/mol. The molecule has 11 heteroatoms. The number of anilines is 3. The summed E-state index contributed by atoms with van der Waals surface area (Å²) in [6.45, 7) is 0.386.